The van der Waals surface area contributed by atoms with Gasteiger partial charge in [0, 0.05) is 10.8 Å². The van der Waals surface area contributed by atoms with Crippen LogP contribution in [0.15, 0.2) is 53.3 Å². The van der Waals surface area contributed by atoms with Crippen LogP contribution in [0.5, 0.6) is 0 Å². The fraction of sp³-hybridized carbons (Fsp3) is 0.250. The number of nitrogens with one attached hydrogen (secondary N) is 1. The number of rotatable bonds is 7. The third-order valence-corrected chi connectivity index (χ3v) is 5.07. The molecule has 0 bridgehead atoms. The summed E-state index contributed by atoms with van der Waals surface area (Å²) in [4.78, 5) is 36.7. The van der Waals surface area contributed by atoms with E-state index >= 15 is 0 Å². The standard InChI is InChI=1S/C20H20N2O4S/c1-27-11-10-15(20(25)26)21-18(23)12-22-16-8-4-2-6-13(16)19(24)14-7-3-5-9-17(14)22/h2-9,15H,10-12H2,1H3,(H,21,23)(H,25,26)/t15-/m1/s1. The molecule has 1 atom stereocenters. The number of carbonyl (C=O) groups is 2. The van der Waals surface area contributed by atoms with Crippen molar-refractivity contribution in [2.75, 3.05) is 12.0 Å². The van der Waals surface area contributed by atoms with E-state index in [1.807, 2.05) is 18.4 Å². The second-order valence-electron chi connectivity index (χ2n) is 6.19. The number of benzene rings is 2. The maximum atomic E-state index is 12.7. The van der Waals surface area contributed by atoms with E-state index in [-0.39, 0.29) is 12.0 Å². The smallest absolute Gasteiger partial charge is 0.326 e. The summed E-state index contributed by atoms with van der Waals surface area (Å²) >= 11 is 1.53. The van der Waals surface area contributed by atoms with Crippen LogP contribution in [0.2, 0.25) is 0 Å². The van der Waals surface area contributed by atoms with E-state index in [0.29, 0.717) is 34.0 Å². The number of aliphatic carboxylic acids is 1. The van der Waals surface area contributed by atoms with Crippen LogP contribution in [-0.4, -0.2) is 39.6 Å². The molecule has 0 aliphatic heterocycles. The summed E-state index contributed by atoms with van der Waals surface area (Å²) in [6, 6.07) is 13.3. The number of nitrogens with zero attached hydrogens (tertiary/aromatic N) is 1. The molecule has 1 aromatic heterocycles. The number of para-hydroxylation sites is 2. The van der Waals surface area contributed by atoms with Crippen LogP contribution >= 0.6 is 11.8 Å². The molecule has 27 heavy (non-hydrogen) atoms. The van der Waals surface area contributed by atoms with Gasteiger partial charge in [-0.1, -0.05) is 24.3 Å². The average Bonchev–Trinajstić information content (AvgIpc) is 2.68. The number of hydrogen-bond donors (Lipinski definition) is 2. The summed E-state index contributed by atoms with van der Waals surface area (Å²) in [5.74, 6) is -0.810. The summed E-state index contributed by atoms with van der Waals surface area (Å²) in [7, 11) is 0. The van der Waals surface area contributed by atoms with E-state index in [0.717, 1.165) is 0 Å². The number of hydrogen-bond acceptors (Lipinski definition) is 4. The second-order valence-corrected chi connectivity index (χ2v) is 7.17. The Bertz CT molecular complexity index is 1000. The maximum absolute atomic E-state index is 12.7. The average molecular weight is 384 g/mol. The highest BCUT2D eigenvalue weighted by molar-refractivity contribution is 7.98. The molecule has 7 heteroatoms. The molecule has 0 spiro atoms. The number of amides is 1. The van der Waals surface area contributed by atoms with Crippen LogP contribution in [0.3, 0.4) is 0 Å². The Labute approximate surface area is 160 Å². The lowest BCUT2D eigenvalue weighted by Crippen LogP contribution is -2.42. The second kappa shape index (κ2) is 8.26. The van der Waals surface area contributed by atoms with Gasteiger partial charge in [-0.3, -0.25) is 9.59 Å². The van der Waals surface area contributed by atoms with Gasteiger partial charge in [-0.05, 0) is 42.7 Å². The molecule has 0 unspecified atom stereocenters. The van der Waals surface area contributed by atoms with E-state index in [1.54, 1.807) is 41.0 Å². The van der Waals surface area contributed by atoms with Gasteiger partial charge in [0.1, 0.15) is 12.6 Å². The predicted molar refractivity (Wildman–Crippen MR) is 108 cm³/mol. The van der Waals surface area contributed by atoms with Gasteiger partial charge in [0.15, 0.2) is 5.43 Å². The van der Waals surface area contributed by atoms with E-state index in [9.17, 15) is 19.5 Å². The molecule has 3 aromatic rings. The number of fused-ring (bicyclic) bond motifs is 2. The predicted octanol–water partition coefficient (Wildman–Crippen LogP) is 2.48. The van der Waals surface area contributed by atoms with Crippen LogP contribution in [0, 0.1) is 0 Å². The first-order valence-corrected chi connectivity index (χ1v) is 9.93. The number of thioether (sulfide) groups is 1. The van der Waals surface area contributed by atoms with Gasteiger partial charge >= 0.3 is 5.97 Å². The zero-order valence-corrected chi connectivity index (χ0v) is 15.7. The fourth-order valence-corrected chi connectivity index (χ4v) is 3.60. The quantitative estimate of drug-likeness (QED) is 0.611. The van der Waals surface area contributed by atoms with Crippen molar-refractivity contribution in [1.29, 1.82) is 0 Å². The Balaban J connectivity index is 2.00. The molecule has 0 aliphatic carbocycles. The zero-order valence-electron chi connectivity index (χ0n) is 14.8. The normalized spacial score (nSPS) is 12.2. The van der Waals surface area contributed by atoms with Crippen molar-refractivity contribution < 1.29 is 14.7 Å². The van der Waals surface area contributed by atoms with E-state index in [1.165, 1.54) is 11.8 Å². The summed E-state index contributed by atoms with van der Waals surface area (Å²) in [6.45, 7) is -0.0651. The van der Waals surface area contributed by atoms with Crippen molar-refractivity contribution in [3.05, 3.63) is 58.8 Å². The highest BCUT2D eigenvalue weighted by Gasteiger charge is 2.20. The van der Waals surface area contributed by atoms with Gasteiger partial charge in [-0.15, -0.1) is 0 Å². The molecule has 0 fully saturated rings. The van der Waals surface area contributed by atoms with Crippen molar-refractivity contribution in [3.8, 4) is 0 Å². The van der Waals surface area contributed by atoms with Gasteiger partial charge in [-0.25, -0.2) is 4.79 Å². The Hall–Kier alpha value is -2.80. The van der Waals surface area contributed by atoms with E-state index in [2.05, 4.69) is 5.32 Å². The highest BCUT2D eigenvalue weighted by Crippen LogP contribution is 2.19. The Morgan fingerprint density at radius 2 is 1.63 bits per heavy atom. The Morgan fingerprint density at radius 1 is 1.07 bits per heavy atom. The lowest BCUT2D eigenvalue weighted by molar-refractivity contribution is -0.141. The summed E-state index contributed by atoms with van der Waals surface area (Å²) in [6.07, 6.45) is 2.24. The number of aromatic nitrogens is 1. The molecule has 6 nitrogen and oxygen atoms in total. The zero-order chi connectivity index (χ0) is 19.4. The fourth-order valence-electron chi connectivity index (χ4n) is 3.12. The van der Waals surface area contributed by atoms with Crippen molar-refractivity contribution in [2.24, 2.45) is 0 Å². The number of carbonyl (C=O) groups excluding carboxylic acids is 1. The third kappa shape index (κ3) is 3.98. The van der Waals surface area contributed by atoms with Gasteiger partial charge < -0.3 is 15.0 Å². The molecule has 3 rings (SSSR count). The highest BCUT2D eigenvalue weighted by atomic mass is 32.2. The molecule has 0 aliphatic rings. The van der Waals surface area contributed by atoms with E-state index in [4.69, 9.17) is 0 Å². The summed E-state index contributed by atoms with van der Waals surface area (Å²) < 4.78 is 1.76. The molecule has 140 valence electrons. The van der Waals surface area contributed by atoms with Crippen LogP contribution < -0.4 is 10.7 Å². The summed E-state index contributed by atoms with van der Waals surface area (Å²) in [5, 5.41) is 13.0. The molecule has 1 heterocycles. The lowest BCUT2D eigenvalue weighted by atomic mass is 10.1. The minimum atomic E-state index is -1.05. The van der Waals surface area contributed by atoms with Gasteiger partial charge in [-0.2, -0.15) is 11.8 Å². The topological polar surface area (TPSA) is 88.4 Å². The molecule has 2 N–H and O–H groups in total. The van der Waals surface area contributed by atoms with Crippen molar-refractivity contribution in [3.63, 3.8) is 0 Å². The number of carboxylic acid groups (broad SMARTS) is 1. The number of pyridine rings is 1. The molecule has 2 aromatic carbocycles. The van der Waals surface area contributed by atoms with Crippen molar-refractivity contribution >= 4 is 45.4 Å². The number of carboxylic acids is 1. The monoisotopic (exact) mass is 384 g/mol. The summed E-state index contributed by atoms with van der Waals surface area (Å²) in [5.41, 5.74) is 1.21. The minimum Gasteiger partial charge on any atom is -0.480 e. The minimum absolute atomic E-state index is 0.0651. The third-order valence-electron chi connectivity index (χ3n) is 4.42. The Kier molecular flexibility index (Phi) is 5.81. The molecular formula is C20H20N2O4S. The SMILES string of the molecule is CSCC[C@@H](NC(=O)Cn1c2ccccc2c(=O)c2ccccc21)C(=O)O. The van der Waals surface area contributed by atoms with Crippen LogP contribution in [0.1, 0.15) is 6.42 Å². The molecular weight excluding hydrogens is 364 g/mol. The molecule has 0 saturated heterocycles. The van der Waals surface area contributed by atoms with Crippen molar-refractivity contribution in [1.82, 2.24) is 9.88 Å². The van der Waals surface area contributed by atoms with E-state index < -0.39 is 17.9 Å². The Morgan fingerprint density at radius 3 is 2.15 bits per heavy atom. The molecule has 0 radical (unpaired) electrons. The molecule has 1 amide bonds. The van der Waals surface area contributed by atoms with Gasteiger partial charge in [0.05, 0.1) is 11.0 Å². The van der Waals surface area contributed by atoms with Crippen LogP contribution in [0.25, 0.3) is 21.8 Å². The molecule has 0 saturated carbocycles. The lowest BCUT2D eigenvalue weighted by Gasteiger charge is -2.17. The first-order valence-electron chi connectivity index (χ1n) is 8.54. The largest absolute Gasteiger partial charge is 0.480 e. The van der Waals surface area contributed by atoms with Crippen LogP contribution in [0.4, 0.5) is 0 Å². The maximum Gasteiger partial charge on any atom is 0.326 e. The van der Waals surface area contributed by atoms with Crippen molar-refractivity contribution in [2.45, 2.75) is 19.0 Å². The van der Waals surface area contributed by atoms with Gasteiger partial charge in [0.2, 0.25) is 5.91 Å². The first-order chi connectivity index (χ1) is 13.0. The first kappa shape index (κ1) is 19.0. The van der Waals surface area contributed by atoms with Gasteiger partial charge in [0.25, 0.3) is 0 Å². The van der Waals surface area contributed by atoms with Crippen LogP contribution in [-0.2, 0) is 16.1 Å².